The van der Waals surface area contributed by atoms with Gasteiger partial charge in [0.05, 0.1) is 6.42 Å². The van der Waals surface area contributed by atoms with Gasteiger partial charge in [0.2, 0.25) is 0 Å². The highest BCUT2D eigenvalue weighted by Crippen LogP contribution is 2.22. The molecule has 1 aliphatic heterocycles. The number of hydrogen-bond acceptors (Lipinski definition) is 4. The first kappa shape index (κ1) is 16.9. The van der Waals surface area contributed by atoms with Crippen LogP contribution in [0.1, 0.15) is 26.7 Å². The lowest BCUT2D eigenvalue weighted by molar-refractivity contribution is -0.145. The van der Waals surface area contributed by atoms with Crippen molar-refractivity contribution in [3.8, 4) is 0 Å². The van der Waals surface area contributed by atoms with Crippen LogP contribution in [0.2, 0.25) is 0 Å². The van der Waals surface area contributed by atoms with Crippen molar-refractivity contribution in [3.05, 3.63) is 0 Å². The fourth-order valence-electron chi connectivity index (χ4n) is 2.41. The topological polar surface area (TPSA) is 124 Å². The van der Waals surface area contributed by atoms with Gasteiger partial charge in [-0.25, -0.2) is 0 Å². The molecule has 0 amide bonds. The molecule has 116 valence electrons. The van der Waals surface area contributed by atoms with E-state index in [4.69, 9.17) is 10.2 Å². The monoisotopic (exact) mass is 308 g/mol. The van der Waals surface area contributed by atoms with Crippen molar-refractivity contribution in [1.29, 1.82) is 0 Å². The lowest BCUT2D eigenvalue weighted by atomic mass is 9.94. The Kier molecular flexibility index (Phi) is 5.49. The van der Waals surface area contributed by atoms with E-state index in [1.807, 2.05) is 18.6 Å². The molecule has 9 heteroatoms. The molecule has 1 heterocycles. The maximum atomic E-state index is 12.1. The minimum Gasteiger partial charge on any atom is -0.481 e. The second-order valence-corrected chi connectivity index (χ2v) is 7.08. The van der Waals surface area contributed by atoms with Crippen molar-refractivity contribution < 1.29 is 28.2 Å². The first-order valence-electron chi connectivity index (χ1n) is 6.33. The van der Waals surface area contributed by atoms with Gasteiger partial charge in [0.15, 0.2) is 0 Å². The fourth-order valence-corrected chi connectivity index (χ4v) is 4.00. The summed E-state index contributed by atoms with van der Waals surface area (Å²) in [6.45, 7) is 4.45. The number of nitrogens with one attached hydrogen (secondary N) is 1. The molecular weight excluding hydrogens is 288 g/mol. The summed E-state index contributed by atoms with van der Waals surface area (Å²) in [5.41, 5.74) is 0. The number of carboxylic acids is 2. The maximum Gasteiger partial charge on any atom is 0.322 e. The van der Waals surface area contributed by atoms with E-state index in [2.05, 4.69) is 0 Å². The summed E-state index contributed by atoms with van der Waals surface area (Å²) < 4.78 is 27.4. The van der Waals surface area contributed by atoms with Crippen molar-refractivity contribution in [1.82, 2.24) is 9.03 Å². The van der Waals surface area contributed by atoms with Crippen molar-refractivity contribution in [2.75, 3.05) is 13.1 Å². The minimum absolute atomic E-state index is 0.179. The quantitative estimate of drug-likeness (QED) is 0.620. The summed E-state index contributed by atoms with van der Waals surface area (Å²) in [5, 5.41) is 17.5. The number of hydrogen-bond donors (Lipinski definition) is 3. The average molecular weight is 308 g/mol. The molecule has 20 heavy (non-hydrogen) atoms. The Morgan fingerprint density at radius 2 is 1.75 bits per heavy atom. The molecule has 1 fully saturated rings. The van der Waals surface area contributed by atoms with Crippen LogP contribution in [0.4, 0.5) is 0 Å². The van der Waals surface area contributed by atoms with Crippen LogP contribution in [0.5, 0.6) is 0 Å². The molecule has 0 aromatic rings. The number of piperidine rings is 1. The van der Waals surface area contributed by atoms with E-state index in [1.165, 1.54) is 4.31 Å². The Labute approximate surface area is 118 Å². The van der Waals surface area contributed by atoms with E-state index in [-0.39, 0.29) is 11.8 Å². The van der Waals surface area contributed by atoms with Gasteiger partial charge >= 0.3 is 11.9 Å². The van der Waals surface area contributed by atoms with Crippen LogP contribution >= 0.6 is 0 Å². The van der Waals surface area contributed by atoms with Crippen LogP contribution in [0.15, 0.2) is 0 Å². The molecule has 0 saturated carbocycles. The van der Waals surface area contributed by atoms with Gasteiger partial charge in [0, 0.05) is 13.1 Å². The fraction of sp³-hybridized carbons (Fsp3) is 0.818. The molecule has 0 radical (unpaired) electrons. The van der Waals surface area contributed by atoms with Gasteiger partial charge < -0.3 is 10.2 Å². The molecule has 3 N–H and O–H groups in total. The summed E-state index contributed by atoms with van der Waals surface area (Å²) in [7, 11) is -4.00. The number of carbonyl (C=O) groups is 2. The van der Waals surface area contributed by atoms with Crippen LogP contribution in [0.25, 0.3) is 0 Å². The number of aliphatic carboxylic acids is 2. The lowest BCUT2D eigenvalue weighted by Crippen LogP contribution is -2.52. The third-order valence-electron chi connectivity index (χ3n) is 3.14. The zero-order valence-electron chi connectivity index (χ0n) is 11.4. The molecule has 0 spiro atoms. The smallest absolute Gasteiger partial charge is 0.322 e. The zero-order chi connectivity index (χ0) is 15.5. The summed E-state index contributed by atoms with van der Waals surface area (Å²) >= 11 is 0. The lowest BCUT2D eigenvalue weighted by Gasteiger charge is -2.34. The largest absolute Gasteiger partial charge is 0.481 e. The molecular formula is C11H20N2O6S. The van der Waals surface area contributed by atoms with Gasteiger partial charge in [0.1, 0.15) is 6.04 Å². The number of nitrogens with zero attached hydrogens (tertiary/aromatic N) is 1. The van der Waals surface area contributed by atoms with E-state index in [1.54, 1.807) is 0 Å². The summed E-state index contributed by atoms with van der Waals surface area (Å²) in [5.74, 6) is -2.52. The second-order valence-electron chi connectivity index (χ2n) is 5.37. The highest BCUT2D eigenvalue weighted by molar-refractivity contribution is 7.87. The average Bonchev–Trinajstić information content (AvgIpc) is 2.25. The van der Waals surface area contributed by atoms with Crippen LogP contribution in [0, 0.1) is 11.8 Å². The molecule has 1 aliphatic rings. The number of rotatable bonds is 6. The predicted octanol–water partition coefficient (Wildman–Crippen LogP) is -0.273. The van der Waals surface area contributed by atoms with Crippen molar-refractivity contribution in [2.45, 2.75) is 32.7 Å². The van der Waals surface area contributed by atoms with Crippen LogP contribution in [0.3, 0.4) is 0 Å². The van der Waals surface area contributed by atoms with E-state index < -0.39 is 34.6 Å². The van der Waals surface area contributed by atoms with Crippen LogP contribution in [-0.2, 0) is 19.8 Å². The highest BCUT2D eigenvalue weighted by Gasteiger charge is 2.34. The standard InChI is InChI=1S/C11H20N2O6S/c1-7-3-8(2)6-13(5-7)20(18,19)12-9(11(16)17)4-10(14)15/h7-9,12H,3-6H2,1-2H3,(H,14,15)(H,16,17)/t7?,8?,9-/m1/s1. The summed E-state index contributed by atoms with van der Waals surface area (Å²) in [4.78, 5) is 21.5. The Balaban J connectivity index is 2.81. The zero-order valence-corrected chi connectivity index (χ0v) is 12.3. The first-order chi connectivity index (χ1) is 9.11. The second kappa shape index (κ2) is 6.51. The van der Waals surface area contributed by atoms with Crippen molar-refractivity contribution >= 4 is 22.1 Å². The van der Waals surface area contributed by atoms with Gasteiger partial charge in [-0.2, -0.15) is 17.4 Å². The SMILES string of the molecule is CC1CC(C)CN(S(=O)(=O)N[C@H](CC(=O)O)C(=O)O)C1. The van der Waals surface area contributed by atoms with Crippen molar-refractivity contribution in [3.63, 3.8) is 0 Å². The molecule has 0 aromatic carbocycles. The Bertz CT molecular complexity index is 467. The molecule has 3 atom stereocenters. The van der Waals surface area contributed by atoms with Crippen molar-refractivity contribution in [2.24, 2.45) is 11.8 Å². The van der Waals surface area contributed by atoms with Gasteiger partial charge in [-0.3, -0.25) is 9.59 Å². The van der Waals surface area contributed by atoms with E-state index in [0.29, 0.717) is 13.1 Å². The third kappa shape index (κ3) is 4.73. The molecule has 1 rings (SSSR count). The van der Waals surface area contributed by atoms with Gasteiger partial charge in [-0.1, -0.05) is 13.8 Å². The van der Waals surface area contributed by atoms with Gasteiger partial charge in [-0.05, 0) is 18.3 Å². The van der Waals surface area contributed by atoms with Crippen LogP contribution in [-0.4, -0.2) is 54.0 Å². The normalized spacial score (nSPS) is 26.1. The van der Waals surface area contributed by atoms with Crippen LogP contribution < -0.4 is 4.72 Å². The predicted molar refractivity (Wildman–Crippen MR) is 70.3 cm³/mol. The van der Waals surface area contributed by atoms with E-state index in [0.717, 1.165) is 6.42 Å². The van der Waals surface area contributed by atoms with E-state index >= 15 is 0 Å². The van der Waals surface area contributed by atoms with E-state index in [9.17, 15) is 18.0 Å². The molecule has 2 unspecified atom stereocenters. The molecule has 0 aliphatic carbocycles. The Hall–Kier alpha value is -1.19. The first-order valence-corrected chi connectivity index (χ1v) is 7.77. The maximum absolute atomic E-state index is 12.1. The highest BCUT2D eigenvalue weighted by atomic mass is 32.2. The van der Waals surface area contributed by atoms with Gasteiger partial charge in [-0.15, -0.1) is 0 Å². The Morgan fingerprint density at radius 3 is 2.15 bits per heavy atom. The molecule has 0 bridgehead atoms. The molecule has 8 nitrogen and oxygen atoms in total. The van der Waals surface area contributed by atoms with Gasteiger partial charge in [0.25, 0.3) is 10.2 Å². The summed E-state index contributed by atoms with van der Waals surface area (Å²) in [6.07, 6.45) is 0.108. The Morgan fingerprint density at radius 1 is 1.25 bits per heavy atom. The molecule has 0 aromatic heterocycles. The summed E-state index contributed by atoms with van der Waals surface area (Å²) in [6, 6.07) is -1.66. The third-order valence-corrected chi connectivity index (χ3v) is 4.70. The molecule has 1 saturated heterocycles. The number of carboxylic acid groups (broad SMARTS) is 2. The minimum atomic E-state index is -4.00.